The number of hydrogen-bond donors (Lipinski definition) is 3. The fraction of sp³-hybridized carbons (Fsp3) is 0.200. The largest absolute Gasteiger partial charge is 0.398 e. The maximum Gasteiger partial charge on any atom is 0.321 e. The molecule has 0 aliphatic rings. The van der Waals surface area contributed by atoms with Gasteiger partial charge < -0.3 is 11.1 Å². The number of nitrogens with one attached hydrogen (secondary N) is 2. The third-order valence-corrected chi connectivity index (χ3v) is 3.14. The highest BCUT2D eigenvalue weighted by atomic mass is 35.5. The van der Waals surface area contributed by atoms with Crippen molar-refractivity contribution in [1.29, 1.82) is 0 Å². The van der Waals surface area contributed by atoms with Crippen LogP contribution in [0, 0.1) is 0 Å². The lowest BCUT2D eigenvalue weighted by Crippen LogP contribution is -2.38. The molecule has 0 aliphatic heterocycles. The fourth-order valence-electron chi connectivity index (χ4n) is 1.02. The standard InChI is InChI=1S/C10H12ClN3O2S/c1-13-10(16)14-9(15)5-17-8-3-2-6(11)4-7(8)12/h2-4H,5,12H2,1H3,(H2,13,14,15,16). The summed E-state index contributed by atoms with van der Waals surface area (Å²) in [5.74, 6) is -0.275. The number of amides is 3. The molecular weight excluding hydrogens is 262 g/mol. The first-order valence-corrected chi connectivity index (χ1v) is 6.08. The summed E-state index contributed by atoms with van der Waals surface area (Å²) in [5.41, 5.74) is 6.23. The summed E-state index contributed by atoms with van der Waals surface area (Å²) in [6.07, 6.45) is 0. The molecule has 1 aromatic carbocycles. The van der Waals surface area contributed by atoms with Crippen molar-refractivity contribution in [2.24, 2.45) is 0 Å². The lowest BCUT2D eigenvalue weighted by atomic mass is 10.3. The maximum absolute atomic E-state index is 11.3. The minimum Gasteiger partial charge on any atom is -0.398 e. The van der Waals surface area contributed by atoms with Gasteiger partial charge in [0.05, 0.1) is 5.75 Å². The Morgan fingerprint density at radius 2 is 2.18 bits per heavy atom. The molecule has 3 amide bonds. The van der Waals surface area contributed by atoms with Crippen LogP contribution in [0.3, 0.4) is 0 Å². The molecule has 0 saturated heterocycles. The molecule has 17 heavy (non-hydrogen) atoms. The zero-order valence-corrected chi connectivity index (χ0v) is 10.7. The number of thioether (sulfide) groups is 1. The average molecular weight is 274 g/mol. The highest BCUT2D eigenvalue weighted by molar-refractivity contribution is 8.00. The zero-order chi connectivity index (χ0) is 12.8. The van der Waals surface area contributed by atoms with Gasteiger partial charge in [-0.15, -0.1) is 11.8 Å². The van der Waals surface area contributed by atoms with Crippen LogP contribution in [-0.4, -0.2) is 24.7 Å². The van der Waals surface area contributed by atoms with E-state index in [0.29, 0.717) is 10.7 Å². The highest BCUT2D eigenvalue weighted by Crippen LogP contribution is 2.27. The topological polar surface area (TPSA) is 84.2 Å². The van der Waals surface area contributed by atoms with E-state index in [0.717, 1.165) is 4.90 Å². The second-order valence-electron chi connectivity index (χ2n) is 3.10. The first-order valence-electron chi connectivity index (χ1n) is 4.72. The van der Waals surface area contributed by atoms with Crippen molar-refractivity contribution in [2.75, 3.05) is 18.5 Å². The maximum atomic E-state index is 11.3. The number of hydrogen-bond acceptors (Lipinski definition) is 4. The van der Waals surface area contributed by atoms with Crippen LogP contribution >= 0.6 is 23.4 Å². The van der Waals surface area contributed by atoms with Crippen LogP contribution in [0.25, 0.3) is 0 Å². The summed E-state index contributed by atoms with van der Waals surface area (Å²) in [4.78, 5) is 22.9. The van der Waals surface area contributed by atoms with Crippen molar-refractivity contribution >= 4 is 41.0 Å². The van der Waals surface area contributed by atoms with Gasteiger partial charge in [-0.1, -0.05) is 11.6 Å². The number of benzene rings is 1. The van der Waals surface area contributed by atoms with Crippen LogP contribution < -0.4 is 16.4 Å². The number of imide groups is 1. The number of carbonyl (C=O) groups is 2. The van der Waals surface area contributed by atoms with Gasteiger partial charge in [0.2, 0.25) is 5.91 Å². The third-order valence-electron chi connectivity index (χ3n) is 1.81. The molecule has 0 bridgehead atoms. The van der Waals surface area contributed by atoms with E-state index < -0.39 is 6.03 Å². The van der Waals surface area contributed by atoms with E-state index in [1.54, 1.807) is 18.2 Å². The van der Waals surface area contributed by atoms with Gasteiger partial charge in [-0.2, -0.15) is 0 Å². The lowest BCUT2D eigenvalue weighted by Gasteiger charge is -2.06. The average Bonchev–Trinajstić information content (AvgIpc) is 2.27. The van der Waals surface area contributed by atoms with Gasteiger partial charge in [-0.3, -0.25) is 10.1 Å². The molecule has 0 radical (unpaired) electrons. The molecule has 0 heterocycles. The molecular formula is C10H12ClN3O2S. The minimum atomic E-state index is -0.528. The summed E-state index contributed by atoms with van der Waals surface area (Å²) >= 11 is 6.99. The van der Waals surface area contributed by atoms with Crippen molar-refractivity contribution in [3.63, 3.8) is 0 Å². The Morgan fingerprint density at radius 3 is 2.76 bits per heavy atom. The minimum absolute atomic E-state index is 0.110. The molecule has 1 rings (SSSR count). The molecule has 92 valence electrons. The quantitative estimate of drug-likeness (QED) is 0.575. The number of halogens is 1. The Labute approximate surface area is 108 Å². The Hall–Kier alpha value is -1.40. The molecule has 4 N–H and O–H groups in total. The number of nitrogens with two attached hydrogens (primary N) is 1. The monoisotopic (exact) mass is 273 g/mol. The molecule has 0 atom stereocenters. The van der Waals surface area contributed by atoms with Crippen molar-refractivity contribution in [3.05, 3.63) is 23.2 Å². The van der Waals surface area contributed by atoms with E-state index >= 15 is 0 Å². The smallest absolute Gasteiger partial charge is 0.321 e. The summed E-state index contributed by atoms with van der Waals surface area (Å²) in [5, 5.41) is 4.99. The first kappa shape index (κ1) is 13.7. The van der Waals surface area contributed by atoms with Crippen molar-refractivity contribution in [2.45, 2.75) is 4.90 Å². The molecule has 1 aromatic rings. The van der Waals surface area contributed by atoms with Crippen LogP contribution in [0.2, 0.25) is 5.02 Å². The molecule has 0 fully saturated rings. The first-order chi connectivity index (χ1) is 8.02. The van der Waals surface area contributed by atoms with Gasteiger partial charge in [0.25, 0.3) is 0 Å². The lowest BCUT2D eigenvalue weighted by molar-refractivity contribution is -0.117. The molecule has 0 aliphatic carbocycles. The van der Waals surface area contributed by atoms with E-state index in [4.69, 9.17) is 17.3 Å². The Bertz CT molecular complexity index is 440. The predicted octanol–water partition coefficient (Wildman–Crippen LogP) is 1.47. The molecule has 0 saturated carbocycles. The highest BCUT2D eigenvalue weighted by Gasteiger charge is 2.08. The zero-order valence-electron chi connectivity index (χ0n) is 9.12. The summed E-state index contributed by atoms with van der Waals surface area (Å²) in [6.45, 7) is 0. The van der Waals surface area contributed by atoms with E-state index in [9.17, 15) is 9.59 Å². The molecule has 0 unspecified atom stereocenters. The van der Waals surface area contributed by atoms with E-state index in [-0.39, 0.29) is 11.7 Å². The van der Waals surface area contributed by atoms with Crippen LogP contribution in [0.15, 0.2) is 23.1 Å². The summed E-state index contributed by atoms with van der Waals surface area (Å²) in [7, 11) is 1.44. The van der Waals surface area contributed by atoms with Gasteiger partial charge in [0.1, 0.15) is 0 Å². The number of nitrogen functional groups attached to an aromatic ring is 1. The van der Waals surface area contributed by atoms with Crippen molar-refractivity contribution < 1.29 is 9.59 Å². The van der Waals surface area contributed by atoms with E-state index in [1.165, 1.54) is 18.8 Å². The Balaban J connectivity index is 2.50. The van der Waals surface area contributed by atoms with Crippen LogP contribution in [-0.2, 0) is 4.79 Å². The van der Waals surface area contributed by atoms with Crippen LogP contribution in [0.4, 0.5) is 10.5 Å². The predicted molar refractivity (Wildman–Crippen MR) is 69.2 cm³/mol. The van der Waals surface area contributed by atoms with E-state index in [2.05, 4.69) is 10.6 Å². The number of anilines is 1. The number of carbonyl (C=O) groups excluding carboxylic acids is 2. The van der Waals surface area contributed by atoms with Gasteiger partial charge in [0.15, 0.2) is 0 Å². The van der Waals surface area contributed by atoms with Crippen LogP contribution in [0.5, 0.6) is 0 Å². The summed E-state index contributed by atoms with van der Waals surface area (Å²) < 4.78 is 0. The second-order valence-corrected chi connectivity index (χ2v) is 4.55. The molecule has 5 nitrogen and oxygen atoms in total. The van der Waals surface area contributed by atoms with Crippen molar-refractivity contribution in [1.82, 2.24) is 10.6 Å². The molecule has 0 spiro atoms. The molecule has 0 aromatic heterocycles. The third kappa shape index (κ3) is 4.54. The Kier molecular flexibility index (Phi) is 5.11. The van der Waals surface area contributed by atoms with Gasteiger partial charge in [-0.05, 0) is 18.2 Å². The van der Waals surface area contributed by atoms with Crippen LogP contribution in [0.1, 0.15) is 0 Å². The normalized spacial score (nSPS) is 9.76. The van der Waals surface area contributed by atoms with Gasteiger partial charge in [-0.25, -0.2) is 4.79 Å². The number of urea groups is 1. The summed E-state index contributed by atoms with van der Waals surface area (Å²) in [6, 6.07) is 4.51. The SMILES string of the molecule is CNC(=O)NC(=O)CSc1ccc(Cl)cc1N. The van der Waals surface area contributed by atoms with Gasteiger partial charge in [0, 0.05) is 22.7 Å². The molecule has 7 heteroatoms. The van der Waals surface area contributed by atoms with Crippen molar-refractivity contribution in [3.8, 4) is 0 Å². The Morgan fingerprint density at radius 1 is 1.47 bits per heavy atom. The second kappa shape index (κ2) is 6.36. The number of rotatable bonds is 3. The fourth-order valence-corrected chi connectivity index (χ4v) is 1.95. The van der Waals surface area contributed by atoms with E-state index in [1.807, 2.05) is 0 Å². The van der Waals surface area contributed by atoms with Gasteiger partial charge >= 0.3 is 6.03 Å².